The average molecular weight is 414 g/mol. The molecule has 0 amide bonds. The molecule has 5 heteroatoms. The van der Waals surface area contributed by atoms with E-state index in [9.17, 15) is 0 Å². The van der Waals surface area contributed by atoms with Crippen molar-refractivity contribution >= 4 is 28.8 Å². The monoisotopic (exact) mass is 413 g/mol. The Morgan fingerprint density at radius 3 is 2.45 bits per heavy atom. The molecule has 1 saturated heterocycles. The predicted octanol–water partition coefficient (Wildman–Crippen LogP) is 6.45. The van der Waals surface area contributed by atoms with Crippen molar-refractivity contribution in [3.8, 4) is 0 Å². The van der Waals surface area contributed by atoms with Crippen molar-refractivity contribution in [2.75, 3.05) is 28.6 Å². The number of anilines is 5. The van der Waals surface area contributed by atoms with Crippen LogP contribution in [0.15, 0.2) is 48.7 Å². The number of piperidine rings is 1. The molecule has 0 radical (unpaired) electrons. The lowest BCUT2D eigenvalue weighted by Crippen LogP contribution is -2.29. The quantitative estimate of drug-likeness (QED) is 0.486. The zero-order valence-electron chi connectivity index (χ0n) is 18.5. The zero-order valence-corrected chi connectivity index (χ0v) is 18.5. The predicted molar refractivity (Wildman–Crippen MR) is 129 cm³/mol. The molecule has 2 heterocycles. The van der Waals surface area contributed by atoms with Gasteiger partial charge in [-0.25, -0.2) is 4.98 Å². The van der Waals surface area contributed by atoms with Gasteiger partial charge < -0.3 is 15.5 Å². The van der Waals surface area contributed by atoms with Crippen LogP contribution >= 0.6 is 0 Å². The highest BCUT2D eigenvalue weighted by Gasteiger charge is 2.28. The number of nitrogens with one attached hydrogen (secondary N) is 2. The second-order valence-electron chi connectivity index (χ2n) is 8.89. The molecule has 5 nitrogen and oxygen atoms in total. The van der Waals surface area contributed by atoms with Crippen LogP contribution in [0, 0.1) is 13.8 Å². The van der Waals surface area contributed by atoms with E-state index in [-0.39, 0.29) is 0 Å². The Balaban J connectivity index is 1.38. The van der Waals surface area contributed by atoms with Crippen molar-refractivity contribution in [1.82, 2.24) is 9.97 Å². The van der Waals surface area contributed by atoms with Crippen LogP contribution in [0.25, 0.3) is 0 Å². The molecule has 2 aromatic carbocycles. The zero-order chi connectivity index (χ0) is 21.2. The Morgan fingerprint density at radius 2 is 1.71 bits per heavy atom. The second kappa shape index (κ2) is 8.58. The van der Waals surface area contributed by atoms with E-state index < -0.39 is 0 Å². The van der Waals surface area contributed by atoms with Gasteiger partial charge in [0.15, 0.2) is 0 Å². The summed E-state index contributed by atoms with van der Waals surface area (Å²) in [5, 5.41) is 6.98. The number of aromatic nitrogens is 2. The van der Waals surface area contributed by atoms with E-state index in [0.717, 1.165) is 30.3 Å². The highest BCUT2D eigenvalue weighted by atomic mass is 15.2. The highest BCUT2D eigenvalue weighted by Crippen LogP contribution is 2.43. The third-order valence-electron chi connectivity index (χ3n) is 6.38. The summed E-state index contributed by atoms with van der Waals surface area (Å²) < 4.78 is 0. The molecule has 0 bridgehead atoms. The van der Waals surface area contributed by atoms with Crippen LogP contribution in [0.3, 0.4) is 0 Å². The van der Waals surface area contributed by atoms with Crippen LogP contribution in [-0.4, -0.2) is 23.1 Å². The van der Waals surface area contributed by atoms with Gasteiger partial charge in [-0.1, -0.05) is 18.2 Å². The van der Waals surface area contributed by atoms with Crippen LogP contribution in [-0.2, 0) is 0 Å². The fourth-order valence-electron chi connectivity index (χ4n) is 4.44. The van der Waals surface area contributed by atoms with Gasteiger partial charge in [0.2, 0.25) is 5.95 Å². The maximum Gasteiger partial charge on any atom is 0.229 e. The first-order valence-electron chi connectivity index (χ1n) is 11.5. The van der Waals surface area contributed by atoms with E-state index in [0.29, 0.717) is 11.9 Å². The smallest absolute Gasteiger partial charge is 0.229 e. The van der Waals surface area contributed by atoms with Crippen molar-refractivity contribution < 1.29 is 0 Å². The molecule has 31 heavy (non-hydrogen) atoms. The molecule has 0 unspecified atom stereocenters. The Kier molecular flexibility index (Phi) is 5.49. The lowest BCUT2D eigenvalue weighted by Gasteiger charge is -2.30. The lowest BCUT2D eigenvalue weighted by atomic mass is 10.1. The Morgan fingerprint density at radius 1 is 0.903 bits per heavy atom. The first kappa shape index (κ1) is 19.9. The molecular weight excluding hydrogens is 382 g/mol. The van der Waals surface area contributed by atoms with Gasteiger partial charge in [-0.2, -0.15) is 4.98 Å². The van der Waals surface area contributed by atoms with Gasteiger partial charge in [-0.05, 0) is 87.3 Å². The largest absolute Gasteiger partial charge is 0.371 e. The average Bonchev–Trinajstić information content (AvgIpc) is 3.62. The first-order chi connectivity index (χ1) is 15.2. The van der Waals surface area contributed by atoms with E-state index in [1.165, 1.54) is 54.5 Å². The molecule has 0 atom stereocenters. The summed E-state index contributed by atoms with van der Waals surface area (Å²) >= 11 is 0. The Labute approximate surface area is 184 Å². The molecule has 0 spiro atoms. The van der Waals surface area contributed by atoms with E-state index in [1.807, 2.05) is 6.20 Å². The lowest BCUT2D eigenvalue weighted by molar-refractivity contribution is 0.577. The highest BCUT2D eigenvalue weighted by molar-refractivity contribution is 5.67. The van der Waals surface area contributed by atoms with Crippen LogP contribution in [0.4, 0.5) is 28.8 Å². The summed E-state index contributed by atoms with van der Waals surface area (Å²) in [7, 11) is 0. The number of hydrogen-bond acceptors (Lipinski definition) is 5. The summed E-state index contributed by atoms with van der Waals surface area (Å²) in [4.78, 5) is 12.0. The fraction of sp³-hybridized carbons (Fsp3) is 0.385. The summed E-state index contributed by atoms with van der Waals surface area (Å²) in [5.41, 5.74) is 7.18. The number of aryl methyl sites for hydroxylation is 2. The van der Waals surface area contributed by atoms with Crippen LogP contribution < -0.4 is 15.5 Å². The third kappa shape index (κ3) is 4.50. The minimum absolute atomic E-state index is 0.576. The van der Waals surface area contributed by atoms with Crippen molar-refractivity contribution in [3.63, 3.8) is 0 Å². The molecule has 1 saturated carbocycles. The fourth-order valence-corrected chi connectivity index (χ4v) is 4.44. The molecular formula is C26H31N5. The van der Waals surface area contributed by atoms with Gasteiger partial charge in [0.1, 0.15) is 5.82 Å². The van der Waals surface area contributed by atoms with Gasteiger partial charge in [0, 0.05) is 41.9 Å². The van der Waals surface area contributed by atoms with Crippen LogP contribution in [0.1, 0.15) is 54.7 Å². The number of hydrogen-bond donors (Lipinski definition) is 2. The molecule has 1 aliphatic heterocycles. The maximum absolute atomic E-state index is 4.86. The van der Waals surface area contributed by atoms with Gasteiger partial charge in [-0.15, -0.1) is 0 Å². The molecule has 2 aliphatic rings. The van der Waals surface area contributed by atoms with Gasteiger partial charge in [0.25, 0.3) is 0 Å². The number of rotatable bonds is 6. The minimum atomic E-state index is 0.576. The van der Waals surface area contributed by atoms with E-state index in [4.69, 9.17) is 4.98 Å². The van der Waals surface area contributed by atoms with Crippen molar-refractivity contribution in [1.29, 1.82) is 0 Å². The summed E-state index contributed by atoms with van der Waals surface area (Å²) in [6.45, 7) is 6.63. The van der Waals surface area contributed by atoms with E-state index in [2.05, 4.69) is 76.8 Å². The number of nitrogens with zero attached hydrogens (tertiary/aromatic N) is 3. The summed E-state index contributed by atoms with van der Waals surface area (Å²) in [5.74, 6) is 2.12. The maximum atomic E-state index is 4.86. The number of para-hydroxylation sites is 1. The van der Waals surface area contributed by atoms with E-state index in [1.54, 1.807) is 0 Å². The van der Waals surface area contributed by atoms with Gasteiger partial charge in [-0.3, -0.25) is 0 Å². The molecule has 1 aromatic heterocycles. The van der Waals surface area contributed by atoms with Gasteiger partial charge in [0.05, 0.1) is 0 Å². The topological polar surface area (TPSA) is 53.1 Å². The van der Waals surface area contributed by atoms with Crippen LogP contribution in [0.5, 0.6) is 0 Å². The second-order valence-corrected chi connectivity index (χ2v) is 8.89. The molecule has 160 valence electrons. The van der Waals surface area contributed by atoms with Crippen molar-refractivity contribution in [3.05, 3.63) is 65.4 Å². The third-order valence-corrected chi connectivity index (χ3v) is 6.38. The molecule has 2 fully saturated rings. The van der Waals surface area contributed by atoms with E-state index >= 15 is 0 Å². The summed E-state index contributed by atoms with van der Waals surface area (Å²) in [6.07, 6.45) is 8.35. The molecule has 1 aliphatic carbocycles. The number of benzene rings is 2. The Bertz CT molecular complexity index is 1070. The van der Waals surface area contributed by atoms with Gasteiger partial charge >= 0.3 is 0 Å². The normalized spacial score (nSPS) is 16.3. The molecule has 2 N–H and O–H groups in total. The summed E-state index contributed by atoms with van der Waals surface area (Å²) in [6, 6.07) is 14.9. The standard InChI is InChI=1S/C26H31N5/c1-18-8-4-5-9-23(18)29-25-22(20-10-11-20)17-27-26(30-25)28-21-12-13-24(19(2)16-21)31-14-6-3-7-15-31/h4-5,8-9,12-13,16-17,20H,3,6-7,10-11,14-15H2,1-2H3,(H2,27,28,29,30). The first-order valence-corrected chi connectivity index (χ1v) is 11.5. The Hall–Kier alpha value is -3.08. The molecule has 3 aromatic rings. The SMILES string of the molecule is Cc1ccccc1Nc1nc(Nc2ccc(N3CCCCC3)c(C)c2)ncc1C1CC1. The van der Waals surface area contributed by atoms with Crippen LogP contribution in [0.2, 0.25) is 0 Å². The minimum Gasteiger partial charge on any atom is -0.371 e. The van der Waals surface area contributed by atoms with Crippen molar-refractivity contribution in [2.45, 2.75) is 51.9 Å². The van der Waals surface area contributed by atoms with Crippen molar-refractivity contribution in [2.24, 2.45) is 0 Å². The molecule has 5 rings (SSSR count).